The van der Waals surface area contributed by atoms with Gasteiger partial charge in [-0.15, -0.1) is 4.40 Å². The van der Waals surface area contributed by atoms with E-state index in [1.54, 1.807) is 42.2 Å². The molecular weight excluding hydrogens is 485 g/mol. The van der Waals surface area contributed by atoms with Crippen molar-refractivity contribution in [2.24, 2.45) is 22.2 Å². The number of benzene rings is 2. The fourth-order valence-corrected chi connectivity index (χ4v) is 7.06. The number of nitrogens with zero attached hydrogens (tertiary/aromatic N) is 2. The summed E-state index contributed by atoms with van der Waals surface area (Å²) in [7, 11) is -3.95. The summed E-state index contributed by atoms with van der Waals surface area (Å²) in [6, 6.07) is 11.9. The van der Waals surface area contributed by atoms with Crippen molar-refractivity contribution >= 4 is 33.4 Å². The third kappa shape index (κ3) is 4.61. The lowest BCUT2D eigenvalue weighted by Crippen LogP contribution is -2.50. The summed E-state index contributed by atoms with van der Waals surface area (Å²) in [6.45, 7) is 2.18. The molecule has 2 unspecified atom stereocenters. The highest BCUT2D eigenvalue weighted by atomic mass is 32.2. The van der Waals surface area contributed by atoms with E-state index in [2.05, 4.69) is 9.71 Å². The van der Waals surface area contributed by atoms with Gasteiger partial charge in [0.25, 0.3) is 10.0 Å². The van der Waals surface area contributed by atoms with E-state index in [0.29, 0.717) is 11.3 Å². The Morgan fingerprint density at radius 2 is 1.83 bits per heavy atom. The summed E-state index contributed by atoms with van der Waals surface area (Å²) in [6.07, 6.45) is 2.37. The normalized spacial score (nSPS) is 25.4. The maximum absolute atomic E-state index is 13.8. The minimum absolute atomic E-state index is 0.0265. The number of carbonyl (C=O) groups excluding carboxylic acids is 2. The highest BCUT2D eigenvalue weighted by molar-refractivity contribution is 7.90. The van der Waals surface area contributed by atoms with Gasteiger partial charge >= 0.3 is 5.97 Å². The van der Waals surface area contributed by atoms with Crippen molar-refractivity contribution in [3.8, 4) is 0 Å². The first kappa shape index (κ1) is 24.4. The Hall–Kier alpha value is -3.27. The van der Waals surface area contributed by atoms with E-state index in [-0.39, 0.29) is 65.9 Å². The van der Waals surface area contributed by atoms with Crippen LogP contribution >= 0.6 is 0 Å². The molecule has 1 aliphatic heterocycles. The minimum atomic E-state index is -3.95. The summed E-state index contributed by atoms with van der Waals surface area (Å²) in [5, 5.41) is 2.97. The minimum Gasteiger partial charge on any atom is -0.466 e. The number of sulfonamides is 1. The van der Waals surface area contributed by atoms with Crippen LogP contribution in [0.5, 0.6) is 0 Å². The van der Waals surface area contributed by atoms with Crippen molar-refractivity contribution in [3.05, 3.63) is 59.9 Å². The Morgan fingerprint density at radius 3 is 2.58 bits per heavy atom. The molecular formula is C26H28FN3O5S. The topological polar surface area (TPSA) is 105 Å². The van der Waals surface area contributed by atoms with Crippen molar-refractivity contribution in [1.29, 1.82) is 0 Å². The van der Waals surface area contributed by atoms with E-state index in [9.17, 15) is 22.4 Å². The van der Waals surface area contributed by atoms with Crippen LogP contribution in [0, 0.1) is 23.6 Å². The van der Waals surface area contributed by atoms with Crippen molar-refractivity contribution in [3.63, 3.8) is 0 Å². The van der Waals surface area contributed by atoms with E-state index in [0.717, 1.165) is 19.3 Å². The molecule has 0 radical (unpaired) electrons. The van der Waals surface area contributed by atoms with Crippen LogP contribution in [0.25, 0.3) is 0 Å². The van der Waals surface area contributed by atoms with Gasteiger partial charge in [-0.3, -0.25) is 9.59 Å². The van der Waals surface area contributed by atoms with Gasteiger partial charge in [0, 0.05) is 12.6 Å². The molecule has 36 heavy (non-hydrogen) atoms. The van der Waals surface area contributed by atoms with Crippen molar-refractivity contribution < 1.29 is 27.1 Å². The number of para-hydroxylation sites is 1. The Kier molecular flexibility index (Phi) is 6.55. The van der Waals surface area contributed by atoms with Gasteiger partial charge in [0.05, 0.1) is 24.6 Å². The summed E-state index contributed by atoms with van der Waals surface area (Å²) in [5.74, 6) is -1.19. The standard InChI is InChI=1S/C26H28FN3O5S/c1-2-35-26(32)24-17-9-10-18(13-17)25(24)30(15-16-7-11-19(27)12-8-16)23(31)14-22-28-20-5-3-4-6-21(20)36(33,34)29-22/h3-8,11-12,17-18,24-25H,2,9-10,13-15H2,1H3,(H,28,29)/t17-,18+,24?,25?/m1/s1. The average molecular weight is 514 g/mol. The fourth-order valence-electron chi connectivity index (χ4n) is 5.91. The van der Waals surface area contributed by atoms with Crippen LogP contribution < -0.4 is 5.32 Å². The molecule has 3 aliphatic rings. The van der Waals surface area contributed by atoms with Gasteiger partial charge in [-0.2, -0.15) is 8.42 Å². The van der Waals surface area contributed by atoms with Crippen LogP contribution in [0.4, 0.5) is 10.1 Å². The van der Waals surface area contributed by atoms with E-state index in [1.165, 1.54) is 18.2 Å². The predicted molar refractivity (Wildman–Crippen MR) is 131 cm³/mol. The highest BCUT2D eigenvalue weighted by Gasteiger charge is 2.54. The Balaban J connectivity index is 1.46. The van der Waals surface area contributed by atoms with Crippen LogP contribution in [0.3, 0.4) is 0 Å². The maximum Gasteiger partial charge on any atom is 0.311 e. The first-order valence-electron chi connectivity index (χ1n) is 12.2. The zero-order chi connectivity index (χ0) is 25.4. The van der Waals surface area contributed by atoms with Gasteiger partial charge in [-0.1, -0.05) is 24.3 Å². The van der Waals surface area contributed by atoms with Crippen LogP contribution in [-0.2, 0) is 30.9 Å². The van der Waals surface area contributed by atoms with E-state index in [4.69, 9.17) is 4.74 Å². The molecule has 1 heterocycles. The second-order valence-electron chi connectivity index (χ2n) is 9.56. The quantitative estimate of drug-likeness (QED) is 0.566. The fraction of sp³-hybridized carbons (Fsp3) is 0.423. The predicted octanol–water partition coefficient (Wildman–Crippen LogP) is 3.74. The molecule has 5 rings (SSSR count). The molecule has 2 aliphatic carbocycles. The summed E-state index contributed by atoms with van der Waals surface area (Å²) in [5.41, 5.74) is 1.08. The summed E-state index contributed by atoms with van der Waals surface area (Å²) < 4.78 is 48.1. The number of carbonyl (C=O) groups is 2. The lowest BCUT2D eigenvalue weighted by molar-refractivity contribution is -0.154. The van der Waals surface area contributed by atoms with Gasteiger partial charge < -0.3 is 15.0 Å². The number of rotatable bonds is 7. The number of amides is 1. The number of hydrogen-bond donors (Lipinski definition) is 1. The Labute approximate surface area is 209 Å². The highest BCUT2D eigenvalue weighted by Crippen LogP contribution is 2.51. The molecule has 0 aromatic heterocycles. The molecule has 10 heteroatoms. The Bertz CT molecular complexity index is 1310. The SMILES string of the molecule is CCOC(=O)C1C(N(Cc2ccc(F)cc2)C(=O)CC2=NS(=O)(=O)c3ccccc3N2)[C@H]2CC[C@@H]1C2. The van der Waals surface area contributed by atoms with Gasteiger partial charge in [-0.05, 0) is 67.9 Å². The lowest BCUT2D eigenvalue weighted by Gasteiger charge is -2.39. The summed E-state index contributed by atoms with van der Waals surface area (Å²) in [4.78, 5) is 28.4. The zero-order valence-electron chi connectivity index (χ0n) is 19.9. The van der Waals surface area contributed by atoms with E-state index >= 15 is 0 Å². The number of anilines is 1. The molecule has 2 aromatic carbocycles. The smallest absolute Gasteiger partial charge is 0.311 e. The molecule has 8 nitrogen and oxygen atoms in total. The van der Waals surface area contributed by atoms with E-state index in [1.807, 2.05) is 0 Å². The first-order valence-corrected chi connectivity index (χ1v) is 13.6. The number of amidine groups is 1. The maximum atomic E-state index is 13.8. The van der Waals surface area contributed by atoms with Gasteiger partial charge in [-0.25, -0.2) is 4.39 Å². The molecule has 1 amide bonds. The molecule has 2 aromatic rings. The number of halogens is 1. The largest absolute Gasteiger partial charge is 0.466 e. The lowest BCUT2D eigenvalue weighted by atomic mass is 9.83. The van der Waals surface area contributed by atoms with Gasteiger partial charge in [0.15, 0.2) is 0 Å². The number of hydrogen-bond acceptors (Lipinski definition) is 6. The van der Waals surface area contributed by atoms with Gasteiger partial charge in [0.1, 0.15) is 16.5 Å². The van der Waals surface area contributed by atoms with Gasteiger partial charge in [0.2, 0.25) is 5.91 Å². The molecule has 1 N–H and O–H groups in total. The number of fused-ring (bicyclic) bond motifs is 3. The number of ether oxygens (including phenoxy) is 1. The van der Waals surface area contributed by atoms with Crippen LogP contribution in [0.15, 0.2) is 57.8 Å². The molecule has 190 valence electrons. The molecule has 4 atom stereocenters. The molecule has 2 bridgehead atoms. The summed E-state index contributed by atoms with van der Waals surface area (Å²) >= 11 is 0. The third-order valence-electron chi connectivity index (χ3n) is 7.37. The monoisotopic (exact) mass is 513 g/mol. The zero-order valence-corrected chi connectivity index (χ0v) is 20.7. The van der Waals surface area contributed by atoms with Crippen LogP contribution in [-0.4, -0.2) is 43.7 Å². The third-order valence-corrected chi connectivity index (χ3v) is 8.74. The van der Waals surface area contributed by atoms with Crippen molar-refractivity contribution in [2.45, 2.75) is 50.1 Å². The molecule has 2 fully saturated rings. The molecule has 2 saturated carbocycles. The average Bonchev–Trinajstić information content (AvgIpc) is 3.45. The first-order chi connectivity index (χ1) is 17.3. The Morgan fingerprint density at radius 1 is 1.11 bits per heavy atom. The second kappa shape index (κ2) is 9.65. The van der Waals surface area contributed by atoms with Crippen LogP contribution in [0.1, 0.15) is 38.2 Å². The van der Waals surface area contributed by atoms with Crippen molar-refractivity contribution in [1.82, 2.24) is 4.90 Å². The number of esters is 1. The van der Waals surface area contributed by atoms with Crippen LogP contribution in [0.2, 0.25) is 0 Å². The van der Waals surface area contributed by atoms with E-state index < -0.39 is 15.9 Å². The number of nitrogens with one attached hydrogen (secondary N) is 1. The van der Waals surface area contributed by atoms with Crippen molar-refractivity contribution in [2.75, 3.05) is 11.9 Å². The molecule has 0 saturated heterocycles. The molecule has 0 spiro atoms. The second-order valence-corrected chi connectivity index (χ2v) is 11.1.